The van der Waals surface area contributed by atoms with Crippen LogP contribution in [0.2, 0.25) is 0 Å². The first-order valence-corrected chi connectivity index (χ1v) is 7.07. The van der Waals surface area contributed by atoms with E-state index < -0.39 is 0 Å². The number of nitrogens with zero attached hydrogens (tertiary/aromatic N) is 1. The second-order valence-corrected chi connectivity index (χ2v) is 5.28. The van der Waals surface area contributed by atoms with Crippen LogP contribution in [-0.4, -0.2) is 23.6 Å². The average molecular weight is 324 g/mol. The van der Waals surface area contributed by atoms with Crippen LogP contribution < -0.4 is 10.5 Å². The van der Waals surface area contributed by atoms with Crippen LogP contribution in [0.5, 0.6) is 5.75 Å². The molecule has 1 aromatic carbocycles. The third-order valence-electron chi connectivity index (χ3n) is 3.21. The van der Waals surface area contributed by atoms with Crippen LogP contribution in [0.4, 0.5) is 0 Å². The van der Waals surface area contributed by atoms with Gasteiger partial charge in [-0.15, -0.1) is 0 Å². The molecule has 0 amide bonds. The van der Waals surface area contributed by atoms with E-state index in [0.29, 0.717) is 6.54 Å². The summed E-state index contributed by atoms with van der Waals surface area (Å²) in [6.45, 7) is 2.71. The normalized spacial score (nSPS) is 12.4. The highest BCUT2D eigenvalue weighted by atomic mass is 79.9. The molecule has 5 heteroatoms. The molecule has 0 saturated carbocycles. The molecule has 0 saturated heterocycles. The maximum Gasteiger partial charge on any atom is 0.128 e. The van der Waals surface area contributed by atoms with Crippen LogP contribution in [0.3, 0.4) is 0 Å². The number of benzene rings is 1. The van der Waals surface area contributed by atoms with E-state index in [1.165, 1.54) is 0 Å². The number of H-pyrrole nitrogens is 1. The zero-order chi connectivity index (χ0) is 13.8. The van der Waals surface area contributed by atoms with E-state index in [1.54, 1.807) is 7.11 Å². The van der Waals surface area contributed by atoms with Gasteiger partial charge < -0.3 is 15.5 Å². The van der Waals surface area contributed by atoms with Crippen molar-refractivity contribution in [1.29, 1.82) is 0 Å². The third kappa shape index (κ3) is 2.98. The first-order valence-electron chi connectivity index (χ1n) is 6.28. The highest BCUT2D eigenvalue weighted by molar-refractivity contribution is 9.10. The Morgan fingerprint density at radius 2 is 2.26 bits per heavy atom. The Morgan fingerprint density at radius 3 is 2.89 bits per heavy atom. The standard InChI is InChI=1S/C14H18BrN3O/c1-3-9(7-16)14-17-8-12(18-14)11-6-10(15)4-5-13(11)19-2/h4-6,8-9H,3,7,16H2,1-2H3,(H,17,18). The highest BCUT2D eigenvalue weighted by Gasteiger charge is 2.14. The van der Waals surface area contributed by atoms with Crippen molar-refractivity contribution in [3.05, 3.63) is 34.7 Å². The van der Waals surface area contributed by atoms with Gasteiger partial charge in [-0.25, -0.2) is 4.98 Å². The van der Waals surface area contributed by atoms with Crippen molar-refractivity contribution >= 4 is 15.9 Å². The lowest BCUT2D eigenvalue weighted by Gasteiger charge is -2.09. The molecule has 0 fully saturated rings. The van der Waals surface area contributed by atoms with Crippen LogP contribution in [0.1, 0.15) is 25.1 Å². The molecular weight excluding hydrogens is 306 g/mol. The van der Waals surface area contributed by atoms with Gasteiger partial charge in [-0.2, -0.15) is 0 Å². The molecular formula is C14H18BrN3O. The van der Waals surface area contributed by atoms with Crippen LogP contribution in [0, 0.1) is 0 Å². The van der Waals surface area contributed by atoms with Gasteiger partial charge in [0.25, 0.3) is 0 Å². The van der Waals surface area contributed by atoms with Crippen molar-refractivity contribution in [2.24, 2.45) is 5.73 Å². The topological polar surface area (TPSA) is 63.9 Å². The Morgan fingerprint density at radius 1 is 1.47 bits per heavy atom. The number of hydrogen-bond donors (Lipinski definition) is 2. The molecule has 1 heterocycles. The molecule has 4 nitrogen and oxygen atoms in total. The molecule has 0 spiro atoms. The summed E-state index contributed by atoms with van der Waals surface area (Å²) in [4.78, 5) is 7.77. The molecule has 19 heavy (non-hydrogen) atoms. The molecule has 0 bridgehead atoms. The van der Waals surface area contributed by atoms with Crippen LogP contribution in [0.15, 0.2) is 28.9 Å². The number of methoxy groups -OCH3 is 1. The zero-order valence-corrected chi connectivity index (χ0v) is 12.7. The van der Waals surface area contributed by atoms with Crippen LogP contribution in [0.25, 0.3) is 11.3 Å². The maximum atomic E-state index is 5.75. The molecule has 1 unspecified atom stereocenters. The minimum absolute atomic E-state index is 0.270. The molecule has 3 N–H and O–H groups in total. The van der Waals surface area contributed by atoms with Gasteiger partial charge in [-0.05, 0) is 24.6 Å². The van der Waals surface area contributed by atoms with E-state index in [2.05, 4.69) is 32.8 Å². The number of aromatic nitrogens is 2. The number of aromatic amines is 1. The van der Waals surface area contributed by atoms with Crippen molar-refractivity contribution in [1.82, 2.24) is 9.97 Å². The van der Waals surface area contributed by atoms with Gasteiger partial charge in [0.15, 0.2) is 0 Å². The Balaban J connectivity index is 2.40. The van der Waals surface area contributed by atoms with Crippen LogP contribution >= 0.6 is 15.9 Å². The molecule has 1 aromatic heterocycles. The second kappa shape index (κ2) is 6.21. The highest BCUT2D eigenvalue weighted by Crippen LogP contribution is 2.32. The van der Waals surface area contributed by atoms with Gasteiger partial charge in [0.1, 0.15) is 11.6 Å². The van der Waals surface area contributed by atoms with E-state index in [9.17, 15) is 0 Å². The van der Waals surface area contributed by atoms with Gasteiger partial charge in [-0.3, -0.25) is 0 Å². The predicted molar refractivity (Wildman–Crippen MR) is 80.4 cm³/mol. The minimum Gasteiger partial charge on any atom is -0.496 e. The van der Waals surface area contributed by atoms with Crippen molar-refractivity contribution in [2.45, 2.75) is 19.3 Å². The van der Waals surface area contributed by atoms with Gasteiger partial charge in [0, 0.05) is 22.5 Å². The molecule has 2 rings (SSSR count). The predicted octanol–water partition coefficient (Wildman–Crippen LogP) is 3.30. The SMILES string of the molecule is CCC(CN)c1ncc(-c2cc(Br)ccc2OC)[nH]1. The summed E-state index contributed by atoms with van der Waals surface area (Å²) in [7, 11) is 1.67. The molecule has 0 aliphatic carbocycles. The number of halogens is 1. The zero-order valence-electron chi connectivity index (χ0n) is 11.1. The van der Waals surface area contributed by atoms with Gasteiger partial charge in [-0.1, -0.05) is 22.9 Å². The monoisotopic (exact) mass is 323 g/mol. The lowest BCUT2D eigenvalue weighted by molar-refractivity contribution is 0.416. The Kier molecular flexibility index (Phi) is 4.61. The molecule has 0 aliphatic heterocycles. The smallest absolute Gasteiger partial charge is 0.128 e. The number of rotatable bonds is 5. The van der Waals surface area contributed by atoms with E-state index in [1.807, 2.05) is 24.4 Å². The first kappa shape index (κ1) is 14.1. The fraction of sp³-hybridized carbons (Fsp3) is 0.357. The summed E-state index contributed by atoms with van der Waals surface area (Å²) in [5.41, 5.74) is 7.68. The van der Waals surface area contributed by atoms with Crippen molar-refractivity contribution in [3.8, 4) is 17.0 Å². The second-order valence-electron chi connectivity index (χ2n) is 4.37. The Hall–Kier alpha value is -1.33. The number of imidazole rings is 1. The van der Waals surface area contributed by atoms with E-state index in [4.69, 9.17) is 10.5 Å². The quantitative estimate of drug-likeness (QED) is 0.887. The lowest BCUT2D eigenvalue weighted by Crippen LogP contribution is -2.12. The molecule has 0 radical (unpaired) electrons. The van der Waals surface area contributed by atoms with E-state index in [0.717, 1.165) is 33.7 Å². The van der Waals surface area contributed by atoms with Gasteiger partial charge >= 0.3 is 0 Å². The van der Waals surface area contributed by atoms with E-state index in [-0.39, 0.29) is 5.92 Å². The summed E-state index contributed by atoms with van der Waals surface area (Å²) in [6.07, 6.45) is 2.80. The Labute approximate surface area is 121 Å². The third-order valence-corrected chi connectivity index (χ3v) is 3.70. The summed E-state index contributed by atoms with van der Waals surface area (Å²) < 4.78 is 6.39. The number of nitrogens with one attached hydrogen (secondary N) is 1. The number of ether oxygens (including phenoxy) is 1. The van der Waals surface area contributed by atoms with Gasteiger partial charge in [0.2, 0.25) is 0 Å². The van der Waals surface area contributed by atoms with Gasteiger partial charge in [0.05, 0.1) is 19.0 Å². The van der Waals surface area contributed by atoms with Crippen molar-refractivity contribution in [3.63, 3.8) is 0 Å². The number of hydrogen-bond acceptors (Lipinski definition) is 3. The molecule has 0 aliphatic rings. The number of nitrogens with two attached hydrogens (primary N) is 1. The summed E-state index contributed by atoms with van der Waals surface area (Å²) in [5.74, 6) is 2.02. The molecule has 2 aromatic rings. The van der Waals surface area contributed by atoms with Crippen molar-refractivity contribution < 1.29 is 4.74 Å². The maximum absolute atomic E-state index is 5.75. The average Bonchev–Trinajstić information content (AvgIpc) is 2.89. The minimum atomic E-state index is 0.270. The van der Waals surface area contributed by atoms with E-state index >= 15 is 0 Å². The van der Waals surface area contributed by atoms with Crippen molar-refractivity contribution in [2.75, 3.05) is 13.7 Å². The fourth-order valence-electron chi connectivity index (χ4n) is 2.04. The molecule has 1 atom stereocenters. The summed E-state index contributed by atoms with van der Waals surface area (Å²) in [5, 5.41) is 0. The largest absolute Gasteiger partial charge is 0.496 e. The summed E-state index contributed by atoms with van der Waals surface area (Å²) in [6, 6.07) is 5.90. The first-order chi connectivity index (χ1) is 9.19. The Bertz CT molecular complexity index is 549. The summed E-state index contributed by atoms with van der Waals surface area (Å²) >= 11 is 3.48. The molecule has 102 valence electrons. The lowest BCUT2D eigenvalue weighted by atomic mass is 10.1. The van der Waals surface area contributed by atoms with Crippen LogP contribution in [-0.2, 0) is 0 Å². The fourth-order valence-corrected chi connectivity index (χ4v) is 2.40.